The minimum Gasteiger partial charge on any atom is -0.477 e. The Morgan fingerprint density at radius 2 is 2.06 bits per heavy atom. The maximum atomic E-state index is 10.8. The molecule has 0 unspecified atom stereocenters. The monoisotopic (exact) mass is 234 g/mol. The Kier molecular flexibility index (Phi) is 5.87. The molecule has 0 aromatic carbocycles. The van der Waals surface area contributed by atoms with E-state index < -0.39 is 5.97 Å². The molecular formula is C13H18N2O2. The second-order valence-electron chi connectivity index (χ2n) is 3.97. The molecule has 1 aromatic heterocycles. The average Bonchev–Trinajstić information content (AvgIpc) is 2.76. The number of carboxylic acids is 1. The van der Waals surface area contributed by atoms with Crippen molar-refractivity contribution < 1.29 is 9.90 Å². The summed E-state index contributed by atoms with van der Waals surface area (Å²) in [6.07, 6.45) is 13.0. The molecule has 4 heteroatoms. The highest BCUT2D eigenvalue weighted by Gasteiger charge is 2.08. The quantitative estimate of drug-likeness (QED) is 0.555. The largest absolute Gasteiger partial charge is 0.477 e. The van der Waals surface area contributed by atoms with Crippen LogP contribution in [0.4, 0.5) is 0 Å². The molecule has 0 saturated carbocycles. The van der Waals surface area contributed by atoms with Crippen LogP contribution in [0.1, 0.15) is 49.0 Å². The SMILES string of the molecule is C#CCCCCCCCn1nccc1C(=O)O. The molecule has 0 aliphatic heterocycles. The summed E-state index contributed by atoms with van der Waals surface area (Å²) in [5.74, 6) is 1.70. The number of nitrogens with zero attached hydrogens (tertiary/aromatic N) is 2. The maximum absolute atomic E-state index is 10.8. The van der Waals surface area contributed by atoms with Crippen molar-refractivity contribution in [1.29, 1.82) is 0 Å². The van der Waals surface area contributed by atoms with E-state index in [1.165, 1.54) is 12.3 Å². The van der Waals surface area contributed by atoms with Gasteiger partial charge in [-0.15, -0.1) is 12.3 Å². The van der Waals surface area contributed by atoms with E-state index in [4.69, 9.17) is 11.5 Å². The summed E-state index contributed by atoms with van der Waals surface area (Å²) >= 11 is 0. The van der Waals surface area contributed by atoms with Crippen LogP contribution >= 0.6 is 0 Å². The van der Waals surface area contributed by atoms with Crippen molar-refractivity contribution in [2.45, 2.75) is 45.1 Å². The van der Waals surface area contributed by atoms with E-state index in [-0.39, 0.29) is 5.69 Å². The summed E-state index contributed by atoms with van der Waals surface area (Å²) in [6, 6.07) is 1.52. The van der Waals surface area contributed by atoms with Gasteiger partial charge in [-0.05, 0) is 18.9 Å². The van der Waals surface area contributed by atoms with Crippen molar-refractivity contribution in [2.24, 2.45) is 0 Å². The summed E-state index contributed by atoms with van der Waals surface area (Å²) in [5, 5.41) is 12.9. The summed E-state index contributed by atoms with van der Waals surface area (Å²) in [5.41, 5.74) is 0.261. The number of hydrogen-bond acceptors (Lipinski definition) is 2. The van der Waals surface area contributed by atoms with E-state index in [9.17, 15) is 4.79 Å². The highest BCUT2D eigenvalue weighted by atomic mass is 16.4. The van der Waals surface area contributed by atoms with Gasteiger partial charge in [0.1, 0.15) is 5.69 Å². The summed E-state index contributed by atoms with van der Waals surface area (Å²) in [4.78, 5) is 10.8. The topological polar surface area (TPSA) is 55.1 Å². The third kappa shape index (κ3) is 4.73. The third-order valence-electron chi connectivity index (χ3n) is 2.63. The van der Waals surface area contributed by atoms with E-state index in [0.717, 1.165) is 38.5 Å². The minimum atomic E-state index is -0.920. The molecule has 0 radical (unpaired) electrons. The van der Waals surface area contributed by atoms with Crippen LogP contribution in [-0.4, -0.2) is 20.9 Å². The molecule has 1 N–H and O–H groups in total. The van der Waals surface area contributed by atoms with Gasteiger partial charge in [0.05, 0.1) is 0 Å². The lowest BCUT2D eigenvalue weighted by Gasteiger charge is -2.04. The number of aromatic carboxylic acids is 1. The van der Waals surface area contributed by atoms with Crippen LogP contribution < -0.4 is 0 Å². The van der Waals surface area contributed by atoms with Crippen molar-refractivity contribution in [3.63, 3.8) is 0 Å². The first-order chi connectivity index (χ1) is 8.25. The van der Waals surface area contributed by atoms with Gasteiger partial charge >= 0.3 is 5.97 Å². The number of unbranched alkanes of at least 4 members (excludes halogenated alkanes) is 5. The zero-order valence-corrected chi connectivity index (χ0v) is 9.93. The molecule has 0 atom stereocenters. The van der Waals surface area contributed by atoms with Crippen LogP contribution in [0.25, 0.3) is 0 Å². The molecule has 1 heterocycles. The zero-order chi connectivity index (χ0) is 12.5. The average molecular weight is 234 g/mol. The maximum Gasteiger partial charge on any atom is 0.354 e. The first kappa shape index (κ1) is 13.3. The molecule has 0 aliphatic rings. The van der Waals surface area contributed by atoms with Crippen LogP contribution in [-0.2, 0) is 6.54 Å². The molecule has 0 bridgehead atoms. The second kappa shape index (κ2) is 7.50. The number of hydrogen-bond donors (Lipinski definition) is 1. The number of aromatic nitrogens is 2. The lowest BCUT2D eigenvalue weighted by molar-refractivity contribution is 0.0683. The fourth-order valence-electron chi connectivity index (χ4n) is 1.71. The predicted octanol–water partition coefficient (Wildman–Crippen LogP) is 2.56. The Balaban J connectivity index is 2.16. The number of aryl methyl sites for hydroxylation is 1. The van der Waals surface area contributed by atoms with Crippen LogP contribution in [0.2, 0.25) is 0 Å². The Labute approximate surface area is 102 Å². The fraction of sp³-hybridized carbons (Fsp3) is 0.538. The van der Waals surface area contributed by atoms with Crippen LogP contribution in [0, 0.1) is 12.3 Å². The van der Waals surface area contributed by atoms with E-state index in [1.807, 2.05) is 0 Å². The van der Waals surface area contributed by atoms with Crippen molar-refractivity contribution in [3.05, 3.63) is 18.0 Å². The molecule has 92 valence electrons. The highest BCUT2D eigenvalue weighted by Crippen LogP contribution is 2.07. The Bertz CT molecular complexity index is 390. The number of rotatable bonds is 8. The highest BCUT2D eigenvalue weighted by molar-refractivity contribution is 5.85. The number of carbonyl (C=O) groups is 1. The molecule has 0 saturated heterocycles. The molecule has 0 fully saturated rings. The number of carboxylic acid groups (broad SMARTS) is 1. The Morgan fingerprint density at radius 3 is 2.76 bits per heavy atom. The van der Waals surface area contributed by atoms with Crippen LogP contribution in [0.5, 0.6) is 0 Å². The fourth-order valence-corrected chi connectivity index (χ4v) is 1.71. The van der Waals surface area contributed by atoms with Gasteiger partial charge in [-0.25, -0.2) is 4.79 Å². The Hall–Kier alpha value is -1.76. The predicted molar refractivity (Wildman–Crippen MR) is 65.7 cm³/mol. The van der Waals surface area contributed by atoms with Crippen molar-refractivity contribution in [3.8, 4) is 12.3 Å². The molecule has 0 aliphatic carbocycles. The van der Waals surface area contributed by atoms with Gasteiger partial charge in [-0.2, -0.15) is 5.10 Å². The van der Waals surface area contributed by atoms with E-state index in [2.05, 4.69) is 11.0 Å². The normalized spacial score (nSPS) is 10.1. The van der Waals surface area contributed by atoms with Gasteiger partial charge in [0.2, 0.25) is 0 Å². The standard InChI is InChI=1S/C13H18N2O2/c1-2-3-4-5-6-7-8-11-15-12(13(16)17)9-10-14-15/h1,9-10H,3-8,11H2,(H,16,17). The van der Waals surface area contributed by atoms with E-state index in [0.29, 0.717) is 6.54 Å². The lowest BCUT2D eigenvalue weighted by atomic mass is 10.1. The molecule has 4 nitrogen and oxygen atoms in total. The summed E-state index contributed by atoms with van der Waals surface area (Å²) in [6.45, 7) is 0.670. The molecule has 0 amide bonds. The van der Waals surface area contributed by atoms with E-state index >= 15 is 0 Å². The first-order valence-electron chi connectivity index (χ1n) is 5.94. The molecule has 1 rings (SSSR count). The summed E-state index contributed by atoms with van der Waals surface area (Å²) < 4.78 is 1.55. The first-order valence-corrected chi connectivity index (χ1v) is 5.94. The third-order valence-corrected chi connectivity index (χ3v) is 2.63. The van der Waals surface area contributed by atoms with Gasteiger partial charge in [0.15, 0.2) is 0 Å². The van der Waals surface area contributed by atoms with Crippen LogP contribution in [0.3, 0.4) is 0 Å². The van der Waals surface area contributed by atoms with Gasteiger partial charge < -0.3 is 5.11 Å². The van der Waals surface area contributed by atoms with E-state index in [1.54, 1.807) is 4.68 Å². The molecule has 0 spiro atoms. The van der Waals surface area contributed by atoms with Crippen molar-refractivity contribution >= 4 is 5.97 Å². The molecular weight excluding hydrogens is 216 g/mol. The van der Waals surface area contributed by atoms with Gasteiger partial charge in [-0.3, -0.25) is 4.68 Å². The second-order valence-corrected chi connectivity index (χ2v) is 3.97. The summed E-state index contributed by atoms with van der Waals surface area (Å²) in [7, 11) is 0. The van der Waals surface area contributed by atoms with Gasteiger partial charge in [0.25, 0.3) is 0 Å². The van der Waals surface area contributed by atoms with Crippen molar-refractivity contribution in [1.82, 2.24) is 9.78 Å². The molecule has 17 heavy (non-hydrogen) atoms. The smallest absolute Gasteiger partial charge is 0.354 e. The van der Waals surface area contributed by atoms with Gasteiger partial charge in [-0.1, -0.05) is 19.3 Å². The van der Waals surface area contributed by atoms with Gasteiger partial charge in [0, 0.05) is 19.2 Å². The zero-order valence-electron chi connectivity index (χ0n) is 9.93. The lowest BCUT2D eigenvalue weighted by Crippen LogP contribution is -2.09. The number of terminal acetylenes is 1. The minimum absolute atomic E-state index is 0.261. The Morgan fingerprint density at radius 1 is 1.35 bits per heavy atom. The van der Waals surface area contributed by atoms with Crippen molar-refractivity contribution in [2.75, 3.05) is 0 Å². The van der Waals surface area contributed by atoms with Crippen LogP contribution in [0.15, 0.2) is 12.3 Å². The molecule has 1 aromatic rings.